The van der Waals surface area contributed by atoms with Crippen LogP contribution in [0.25, 0.3) is 0 Å². The van der Waals surface area contributed by atoms with E-state index in [4.69, 9.17) is 15.5 Å². The zero-order valence-corrected chi connectivity index (χ0v) is 9.23. The van der Waals surface area contributed by atoms with Crippen molar-refractivity contribution in [2.24, 2.45) is 0 Å². The zero-order chi connectivity index (χ0) is 11.4. The number of aliphatic carboxylic acids is 1. The average molecular weight is 270 g/mol. The van der Waals surface area contributed by atoms with Crippen molar-refractivity contribution in [3.8, 4) is 6.07 Å². The molecule has 0 aliphatic heterocycles. The highest BCUT2D eigenvalue weighted by molar-refractivity contribution is 9.10. The van der Waals surface area contributed by atoms with Crippen LogP contribution in [-0.2, 0) is 11.2 Å². The maximum atomic E-state index is 10.4. The minimum Gasteiger partial charge on any atom is -0.479 e. The highest BCUT2D eigenvalue weighted by Gasteiger charge is 2.15. The number of carboxylic acid groups (broad SMARTS) is 1. The maximum Gasteiger partial charge on any atom is 0.332 e. The molecule has 4 nitrogen and oxygen atoms in total. The Morgan fingerprint density at radius 3 is 2.80 bits per heavy atom. The molecule has 1 unspecified atom stereocenters. The number of rotatable bonds is 3. The van der Waals surface area contributed by atoms with E-state index in [-0.39, 0.29) is 6.42 Å². The molecule has 1 aromatic carbocycles. The van der Waals surface area contributed by atoms with Crippen molar-refractivity contribution < 1.29 is 15.0 Å². The van der Waals surface area contributed by atoms with Crippen LogP contribution in [0.1, 0.15) is 11.1 Å². The number of nitriles is 1. The van der Waals surface area contributed by atoms with Crippen molar-refractivity contribution in [3.63, 3.8) is 0 Å². The van der Waals surface area contributed by atoms with Gasteiger partial charge in [-0.25, -0.2) is 4.79 Å². The number of halogens is 1. The van der Waals surface area contributed by atoms with Crippen LogP contribution < -0.4 is 0 Å². The standard InChI is InChI=1S/C10H8BrNO3/c11-8-2-1-6(5-12)3-7(8)4-9(13)10(14)15/h1-3,9,13H,4H2,(H,14,15). The molecule has 15 heavy (non-hydrogen) atoms. The number of carbonyl (C=O) groups is 1. The number of carboxylic acids is 1. The van der Waals surface area contributed by atoms with Gasteiger partial charge in [-0.15, -0.1) is 0 Å². The Labute approximate surface area is 94.9 Å². The Bertz CT molecular complexity index is 425. The maximum absolute atomic E-state index is 10.4. The molecule has 0 aliphatic rings. The first-order valence-electron chi connectivity index (χ1n) is 4.14. The molecule has 0 amide bonds. The number of hydrogen-bond donors (Lipinski definition) is 2. The third kappa shape index (κ3) is 3.05. The normalized spacial score (nSPS) is 11.8. The van der Waals surface area contributed by atoms with Crippen molar-refractivity contribution in [3.05, 3.63) is 33.8 Å². The Balaban J connectivity index is 2.94. The van der Waals surface area contributed by atoms with Crippen molar-refractivity contribution >= 4 is 21.9 Å². The van der Waals surface area contributed by atoms with Crippen molar-refractivity contribution in [1.29, 1.82) is 5.26 Å². The molecule has 0 aromatic heterocycles. The molecule has 0 fully saturated rings. The second-order valence-electron chi connectivity index (χ2n) is 2.98. The van der Waals surface area contributed by atoms with Gasteiger partial charge in [-0.05, 0) is 23.8 Å². The van der Waals surface area contributed by atoms with Crippen molar-refractivity contribution in [1.82, 2.24) is 0 Å². The lowest BCUT2D eigenvalue weighted by molar-refractivity contribution is -0.146. The largest absolute Gasteiger partial charge is 0.479 e. The van der Waals surface area contributed by atoms with Crippen LogP contribution in [0.5, 0.6) is 0 Å². The van der Waals surface area contributed by atoms with E-state index >= 15 is 0 Å². The highest BCUT2D eigenvalue weighted by atomic mass is 79.9. The van der Waals surface area contributed by atoms with E-state index in [9.17, 15) is 4.79 Å². The van der Waals surface area contributed by atoms with Crippen molar-refractivity contribution in [2.75, 3.05) is 0 Å². The first-order valence-corrected chi connectivity index (χ1v) is 4.93. The smallest absolute Gasteiger partial charge is 0.332 e. The van der Waals surface area contributed by atoms with Gasteiger partial charge in [-0.1, -0.05) is 15.9 Å². The molecule has 1 rings (SSSR count). The van der Waals surface area contributed by atoms with E-state index in [1.807, 2.05) is 6.07 Å². The summed E-state index contributed by atoms with van der Waals surface area (Å²) in [4.78, 5) is 10.4. The molecule has 2 N–H and O–H groups in total. The van der Waals surface area contributed by atoms with Gasteiger partial charge in [0.15, 0.2) is 6.10 Å². The van der Waals surface area contributed by atoms with Gasteiger partial charge >= 0.3 is 5.97 Å². The predicted molar refractivity (Wildman–Crippen MR) is 56.2 cm³/mol. The summed E-state index contributed by atoms with van der Waals surface area (Å²) >= 11 is 3.22. The third-order valence-electron chi connectivity index (χ3n) is 1.87. The molecule has 1 aromatic rings. The summed E-state index contributed by atoms with van der Waals surface area (Å²) in [6, 6.07) is 6.77. The van der Waals surface area contributed by atoms with E-state index in [0.29, 0.717) is 15.6 Å². The fourth-order valence-electron chi connectivity index (χ4n) is 1.10. The topological polar surface area (TPSA) is 81.3 Å². The third-order valence-corrected chi connectivity index (χ3v) is 2.65. The molecule has 0 radical (unpaired) electrons. The summed E-state index contributed by atoms with van der Waals surface area (Å²) in [5, 5.41) is 26.3. The van der Waals surface area contributed by atoms with Gasteiger partial charge in [-0.3, -0.25) is 0 Å². The molecule has 0 bridgehead atoms. The van der Waals surface area contributed by atoms with Gasteiger partial charge in [0.2, 0.25) is 0 Å². The van der Waals surface area contributed by atoms with Crippen LogP contribution in [0, 0.1) is 11.3 Å². The first kappa shape index (κ1) is 11.7. The number of benzene rings is 1. The Hall–Kier alpha value is -1.38. The Morgan fingerprint density at radius 1 is 1.60 bits per heavy atom. The molecule has 5 heteroatoms. The van der Waals surface area contributed by atoms with E-state index in [0.717, 1.165) is 0 Å². The highest BCUT2D eigenvalue weighted by Crippen LogP contribution is 2.19. The molecule has 78 valence electrons. The lowest BCUT2D eigenvalue weighted by atomic mass is 10.1. The summed E-state index contributed by atoms with van der Waals surface area (Å²) in [5.41, 5.74) is 1.04. The van der Waals surface area contributed by atoms with Crippen LogP contribution >= 0.6 is 15.9 Å². The number of hydrogen-bond acceptors (Lipinski definition) is 3. The second kappa shape index (κ2) is 4.91. The predicted octanol–water partition coefficient (Wildman–Crippen LogP) is 1.31. The SMILES string of the molecule is N#Cc1ccc(Br)c(CC(O)C(=O)O)c1. The van der Waals surface area contributed by atoms with Crippen LogP contribution in [0.15, 0.2) is 22.7 Å². The van der Waals surface area contributed by atoms with Gasteiger partial charge in [-0.2, -0.15) is 5.26 Å². The van der Waals surface area contributed by atoms with Crippen LogP contribution in [0.2, 0.25) is 0 Å². The van der Waals surface area contributed by atoms with Gasteiger partial charge < -0.3 is 10.2 Å². The molecule has 0 saturated heterocycles. The quantitative estimate of drug-likeness (QED) is 0.867. The number of aliphatic hydroxyl groups is 1. The van der Waals surface area contributed by atoms with Crippen molar-refractivity contribution in [2.45, 2.75) is 12.5 Å². The minimum atomic E-state index is -1.45. The first-order chi connectivity index (χ1) is 7.04. The molecule has 0 saturated carbocycles. The molecular weight excluding hydrogens is 262 g/mol. The van der Waals surface area contributed by atoms with Gasteiger partial charge in [0.25, 0.3) is 0 Å². The molecule has 1 atom stereocenters. The van der Waals surface area contributed by atoms with Gasteiger partial charge in [0.1, 0.15) is 0 Å². The minimum absolute atomic E-state index is 0.0224. The number of nitrogens with zero attached hydrogens (tertiary/aromatic N) is 1. The monoisotopic (exact) mass is 269 g/mol. The summed E-state index contributed by atoms with van der Waals surface area (Å²) in [6.07, 6.45) is -1.47. The Morgan fingerprint density at radius 2 is 2.27 bits per heavy atom. The fourth-order valence-corrected chi connectivity index (χ4v) is 1.50. The van der Waals surface area contributed by atoms with E-state index < -0.39 is 12.1 Å². The lowest BCUT2D eigenvalue weighted by Gasteiger charge is -2.07. The average Bonchev–Trinajstić information content (AvgIpc) is 2.21. The van der Waals surface area contributed by atoms with Crippen LogP contribution in [0.3, 0.4) is 0 Å². The second-order valence-corrected chi connectivity index (χ2v) is 3.83. The van der Waals surface area contributed by atoms with Crippen LogP contribution in [-0.4, -0.2) is 22.3 Å². The van der Waals surface area contributed by atoms with E-state index in [1.54, 1.807) is 18.2 Å². The molecule has 0 aliphatic carbocycles. The zero-order valence-electron chi connectivity index (χ0n) is 7.64. The molecule has 0 spiro atoms. The van der Waals surface area contributed by atoms with E-state index in [2.05, 4.69) is 15.9 Å². The number of aliphatic hydroxyl groups excluding tert-OH is 1. The Kier molecular flexibility index (Phi) is 3.83. The van der Waals surface area contributed by atoms with Crippen LogP contribution in [0.4, 0.5) is 0 Å². The molecular formula is C10H8BrNO3. The fraction of sp³-hybridized carbons (Fsp3) is 0.200. The van der Waals surface area contributed by atoms with Gasteiger partial charge in [0.05, 0.1) is 11.6 Å². The van der Waals surface area contributed by atoms with E-state index in [1.165, 1.54) is 0 Å². The summed E-state index contributed by atoms with van der Waals surface area (Å²) in [7, 11) is 0. The van der Waals surface area contributed by atoms with Gasteiger partial charge in [0, 0.05) is 10.9 Å². The lowest BCUT2D eigenvalue weighted by Crippen LogP contribution is -2.22. The summed E-state index contributed by atoms with van der Waals surface area (Å²) in [6.45, 7) is 0. The summed E-state index contributed by atoms with van der Waals surface area (Å²) < 4.78 is 0.682. The summed E-state index contributed by atoms with van der Waals surface area (Å²) in [5.74, 6) is -1.27. The molecule has 0 heterocycles.